The van der Waals surface area contributed by atoms with Crippen LogP contribution in [0.25, 0.3) is 0 Å². The van der Waals surface area contributed by atoms with E-state index in [1.165, 1.54) is 0 Å². The van der Waals surface area contributed by atoms with Gasteiger partial charge in [0, 0.05) is 31.4 Å². The van der Waals surface area contributed by atoms with Crippen LogP contribution in [-0.2, 0) is 10.8 Å². The summed E-state index contributed by atoms with van der Waals surface area (Å²) in [6, 6.07) is 15.2. The molecule has 118 valence electrons. The smallest absolute Gasteiger partial charge is 0.193 e. The number of hydrogen-bond acceptors (Lipinski definition) is 3. The lowest BCUT2D eigenvalue weighted by molar-refractivity contribution is 0.102. The maximum absolute atomic E-state index is 13.2. The lowest BCUT2D eigenvalue weighted by Crippen LogP contribution is -2.26. The molecule has 2 aromatic rings. The van der Waals surface area contributed by atoms with Crippen LogP contribution in [0, 0.1) is 6.92 Å². The molecule has 2 atom stereocenters. The van der Waals surface area contributed by atoms with Crippen molar-refractivity contribution in [1.29, 1.82) is 0 Å². The van der Waals surface area contributed by atoms with Crippen LogP contribution in [0.15, 0.2) is 65.2 Å². The van der Waals surface area contributed by atoms with Crippen molar-refractivity contribution in [3.8, 4) is 0 Å². The first-order valence-electron chi connectivity index (χ1n) is 7.48. The van der Waals surface area contributed by atoms with E-state index in [1.807, 2.05) is 74.4 Å². The maximum atomic E-state index is 13.2. The molecule has 3 rings (SSSR count). The fourth-order valence-corrected chi connectivity index (χ4v) is 4.48. The van der Waals surface area contributed by atoms with Crippen LogP contribution in [0.4, 0.5) is 0 Å². The second-order valence-electron chi connectivity index (χ2n) is 5.96. The summed E-state index contributed by atoms with van der Waals surface area (Å²) in [7, 11) is 2.45. The highest BCUT2D eigenvalue weighted by Gasteiger charge is 2.37. The highest BCUT2D eigenvalue weighted by molar-refractivity contribution is 7.85. The van der Waals surface area contributed by atoms with Crippen LogP contribution < -0.4 is 0 Å². The topological polar surface area (TPSA) is 37.4 Å². The zero-order valence-electron chi connectivity index (χ0n) is 13.4. The van der Waals surface area contributed by atoms with Crippen LogP contribution in [0.2, 0.25) is 0 Å². The van der Waals surface area contributed by atoms with Gasteiger partial charge in [-0.1, -0.05) is 42.0 Å². The van der Waals surface area contributed by atoms with E-state index in [1.54, 1.807) is 6.20 Å². The summed E-state index contributed by atoms with van der Waals surface area (Å²) in [5, 5.41) is -0.429. The SMILES string of the molecule is Cc1ccc2c(c1)C(=O)C(=CN(C)C)C(c1ccccc1)S2=O. The third-order valence-electron chi connectivity index (χ3n) is 3.85. The molecular formula is C19H19NO2S. The van der Waals surface area contributed by atoms with Crippen LogP contribution in [0.1, 0.15) is 26.7 Å². The van der Waals surface area contributed by atoms with Crippen LogP contribution in [0.3, 0.4) is 0 Å². The number of nitrogens with zero attached hydrogens (tertiary/aromatic N) is 1. The van der Waals surface area contributed by atoms with Gasteiger partial charge in [-0.25, -0.2) is 0 Å². The van der Waals surface area contributed by atoms with Crippen LogP contribution in [-0.4, -0.2) is 29.0 Å². The Labute approximate surface area is 139 Å². The minimum atomic E-state index is -1.30. The number of hydrogen-bond donors (Lipinski definition) is 0. The molecule has 0 aromatic heterocycles. The molecular weight excluding hydrogens is 306 g/mol. The number of fused-ring (bicyclic) bond motifs is 1. The highest BCUT2D eigenvalue weighted by atomic mass is 32.2. The highest BCUT2D eigenvalue weighted by Crippen LogP contribution is 2.40. The minimum Gasteiger partial charge on any atom is -0.383 e. The number of benzene rings is 2. The average Bonchev–Trinajstić information content (AvgIpc) is 2.53. The number of carbonyl (C=O) groups excluding carboxylic acids is 1. The number of carbonyl (C=O) groups is 1. The van der Waals surface area contributed by atoms with E-state index in [2.05, 4.69) is 0 Å². The summed E-state index contributed by atoms with van der Waals surface area (Å²) >= 11 is 0. The van der Waals surface area contributed by atoms with E-state index >= 15 is 0 Å². The summed E-state index contributed by atoms with van der Waals surface area (Å²) < 4.78 is 13.2. The summed E-state index contributed by atoms with van der Waals surface area (Å²) in [5.41, 5.74) is 3.04. The molecule has 0 saturated heterocycles. The fourth-order valence-electron chi connectivity index (χ4n) is 2.85. The van der Waals surface area contributed by atoms with Gasteiger partial charge in [0.15, 0.2) is 5.78 Å². The van der Waals surface area contributed by atoms with Crippen LogP contribution >= 0.6 is 0 Å². The molecule has 0 fully saturated rings. The van der Waals surface area contributed by atoms with E-state index in [9.17, 15) is 9.00 Å². The summed E-state index contributed by atoms with van der Waals surface area (Å²) in [6.07, 6.45) is 1.79. The normalized spacial score (nSPS) is 22.0. The lowest BCUT2D eigenvalue weighted by Gasteiger charge is -2.27. The van der Waals surface area contributed by atoms with Gasteiger partial charge in [0.25, 0.3) is 0 Å². The maximum Gasteiger partial charge on any atom is 0.193 e. The summed E-state index contributed by atoms with van der Waals surface area (Å²) in [4.78, 5) is 15.5. The molecule has 0 radical (unpaired) electrons. The van der Waals surface area contributed by atoms with Crippen molar-refractivity contribution in [2.45, 2.75) is 17.1 Å². The van der Waals surface area contributed by atoms with Gasteiger partial charge < -0.3 is 4.90 Å². The van der Waals surface area contributed by atoms with Crippen molar-refractivity contribution in [1.82, 2.24) is 4.90 Å². The van der Waals surface area contributed by atoms with Gasteiger partial charge in [0.2, 0.25) is 0 Å². The zero-order chi connectivity index (χ0) is 16.6. The molecule has 23 heavy (non-hydrogen) atoms. The summed E-state index contributed by atoms with van der Waals surface area (Å²) in [5.74, 6) is -0.0362. The standard InChI is InChI=1S/C19H19NO2S/c1-13-9-10-17-15(11-13)18(21)16(12-20(2)3)19(23(17)22)14-7-5-4-6-8-14/h4-12,19H,1-3H3. The predicted octanol–water partition coefficient (Wildman–Crippen LogP) is 3.49. The molecule has 0 saturated carbocycles. The molecule has 0 spiro atoms. The molecule has 1 aliphatic heterocycles. The van der Waals surface area contributed by atoms with E-state index in [0.29, 0.717) is 16.0 Å². The monoisotopic (exact) mass is 325 g/mol. The van der Waals surface area contributed by atoms with E-state index < -0.39 is 16.0 Å². The number of rotatable bonds is 2. The minimum absolute atomic E-state index is 0.0362. The van der Waals surface area contributed by atoms with Crippen molar-refractivity contribution >= 4 is 16.6 Å². The predicted molar refractivity (Wildman–Crippen MR) is 92.9 cm³/mol. The molecule has 0 bridgehead atoms. The first kappa shape index (κ1) is 15.7. The van der Waals surface area contributed by atoms with Crippen molar-refractivity contribution in [3.63, 3.8) is 0 Å². The second kappa shape index (κ2) is 6.13. The second-order valence-corrected chi connectivity index (χ2v) is 7.47. The first-order chi connectivity index (χ1) is 11.0. The molecule has 4 heteroatoms. The average molecular weight is 325 g/mol. The van der Waals surface area contributed by atoms with Gasteiger partial charge >= 0.3 is 0 Å². The molecule has 1 heterocycles. The largest absolute Gasteiger partial charge is 0.383 e. The Morgan fingerprint density at radius 3 is 2.43 bits per heavy atom. The Kier molecular flexibility index (Phi) is 4.18. The third kappa shape index (κ3) is 2.86. The Bertz CT molecular complexity index is 809. The lowest BCUT2D eigenvalue weighted by atomic mass is 9.95. The van der Waals surface area contributed by atoms with Crippen molar-refractivity contribution < 1.29 is 9.00 Å². The Balaban J connectivity index is 2.23. The van der Waals surface area contributed by atoms with Gasteiger partial charge in [-0.3, -0.25) is 9.00 Å². The third-order valence-corrected chi connectivity index (χ3v) is 5.60. The van der Waals surface area contributed by atoms with E-state index in [4.69, 9.17) is 0 Å². The quantitative estimate of drug-likeness (QED) is 0.793. The van der Waals surface area contributed by atoms with E-state index in [0.717, 1.165) is 11.1 Å². The number of ketones is 1. The first-order valence-corrected chi connectivity index (χ1v) is 8.69. The Morgan fingerprint density at radius 2 is 1.78 bits per heavy atom. The Morgan fingerprint density at radius 1 is 1.09 bits per heavy atom. The van der Waals surface area contributed by atoms with Gasteiger partial charge in [-0.2, -0.15) is 0 Å². The fraction of sp³-hybridized carbons (Fsp3) is 0.211. The number of aryl methyl sites for hydroxylation is 1. The van der Waals surface area contributed by atoms with E-state index in [-0.39, 0.29) is 5.78 Å². The van der Waals surface area contributed by atoms with Gasteiger partial charge in [-0.05, 0) is 24.6 Å². The Hall–Kier alpha value is -2.20. The zero-order valence-corrected chi connectivity index (χ0v) is 14.3. The molecule has 0 aliphatic carbocycles. The number of Topliss-reactive ketones (excluding diaryl/α,β-unsaturated/α-hetero) is 1. The molecule has 2 unspecified atom stereocenters. The molecule has 0 amide bonds. The van der Waals surface area contributed by atoms with Gasteiger partial charge in [0.1, 0.15) is 0 Å². The van der Waals surface area contributed by atoms with Crippen molar-refractivity contribution in [2.75, 3.05) is 14.1 Å². The van der Waals surface area contributed by atoms with Gasteiger partial charge in [-0.15, -0.1) is 0 Å². The van der Waals surface area contributed by atoms with Crippen LogP contribution in [0.5, 0.6) is 0 Å². The molecule has 3 nitrogen and oxygen atoms in total. The molecule has 0 N–H and O–H groups in total. The van der Waals surface area contributed by atoms with Gasteiger partial charge in [0.05, 0.1) is 20.9 Å². The van der Waals surface area contributed by atoms with Crippen molar-refractivity contribution in [3.05, 3.63) is 77.0 Å². The summed E-state index contributed by atoms with van der Waals surface area (Å²) in [6.45, 7) is 1.94. The molecule has 1 aliphatic rings. The molecule has 2 aromatic carbocycles. The van der Waals surface area contributed by atoms with Crippen molar-refractivity contribution in [2.24, 2.45) is 0 Å².